The van der Waals surface area contributed by atoms with Crippen LogP contribution in [0.4, 0.5) is 17.6 Å². The highest BCUT2D eigenvalue weighted by atomic mass is 19.4. The number of furan rings is 1. The van der Waals surface area contributed by atoms with E-state index in [1.54, 1.807) is 12.1 Å². The number of benzene rings is 1. The third kappa shape index (κ3) is 5.16. The molecule has 7 rings (SSSR count). The zero-order valence-corrected chi connectivity index (χ0v) is 22.1. The number of alkyl halides is 3. The van der Waals surface area contributed by atoms with Gasteiger partial charge in [0.25, 0.3) is 11.8 Å². The average molecular weight is 567 g/mol. The number of hydrogen-bond acceptors (Lipinski definition) is 5. The Morgan fingerprint density at radius 3 is 2.49 bits per heavy atom. The van der Waals surface area contributed by atoms with Crippen LogP contribution in [-0.2, 0) is 6.42 Å². The van der Waals surface area contributed by atoms with E-state index < -0.39 is 30.7 Å². The predicted molar refractivity (Wildman–Crippen MR) is 143 cm³/mol. The zero-order valence-electron chi connectivity index (χ0n) is 22.1. The Labute approximate surface area is 232 Å². The van der Waals surface area contributed by atoms with Gasteiger partial charge in [-0.2, -0.15) is 13.2 Å². The van der Waals surface area contributed by atoms with E-state index in [0.29, 0.717) is 22.6 Å². The predicted octanol–water partition coefficient (Wildman–Crippen LogP) is 6.22. The number of hydrogen-bond donors (Lipinski definition) is 2. The molecule has 3 heterocycles. The standard InChI is InChI=1S/C30H26F4N4O3/c1-35-27(40)24-22-11-21(18-10-19(15-36-14-18)26(39)38-29-8-6-16(12-29)13-29)23(7-9-30(32,33)34)37-28(22)41-25(24)17-2-4-20(31)5-3-17/h2-5,10-11,14-16H,6-9,12-13H2,1H3,(H,35,40)(H,38,39). The van der Waals surface area contributed by atoms with Gasteiger partial charge in [0, 0.05) is 48.1 Å². The Balaban J connectivity index is 1.46. The van der Waals surface area contributed by atoms with Gasteiger partial charge >= 0.3 is 6.18 Å². The number of aryl methyl sites for hydroxylation is 1. The van der Waals surface area contributed by atoms with Gasteiger partial charge in [-0.3, -0.25) is 14.6 Å². The number of nitrogens with one attached hydrogen (secondary N) is 2. The van der Waals surface area contributed by atoms with E-state index in [-0.39, 0.29) is 45.1 Å². The lowest BCUT2D eigenvalue weighted by atomic mass is 9.77. The van der Waals surface area contributed by atoms with Crippen molar-refractivity contribution in [3.05, 3.63) is 71.4 Å². The van der Waals surface area contributed by atoms with Crippen molar-refractivity contribution in [2.24, 2.45) is 5.92 Å². The zero-order chi connectivity index (χ0) is 28.9. The first-order valence-electron chi connectivity index (χ1n) is 13.3. The van der Waals surface area contributed by atoms with Gasteiger partial charge in [0.2, 0.25) is 5.71 Å². The van der Waals surface area contributed by atoms with Crippen LogP contribution >= 0.6 is 0 Å². The van der Waals surface area contributed by atoms with Crippen molar-refractivity contribution in [3.63, 3.8) is 0 Å². The summed E-state index contributed by atoms with van der Waals surface area (Å²) in [5.74, 6) is -0.537. The molecule has 7 nitrogen and oxygen atoms in total. The number of pyridine rings is 2. The number of carbonyl (C=O) groups excluding carboxylic acids is 2. The number of nitrogens with zero attached hydrogens (tertiary/aromatic N) is 2. The van der Waals surface area contributed by atoms with E-state index in [1.807, 2.05) is 0 Å². The van der Waals surface area contributed by atoms with Gasteiger partial charge in [0.05, 0.1) is 22.2 Å². The summed E-state index contributed by atoms with van der Waals surface area (Å²) in [6.45, 7) is 0. The first-order valence-corrected chi connectivity index (χ1v) is 13.3. The molecule has 1 aromatic carbocycles. The summed E-state index contributed by atoms with van der Waals surface area (Å²) in [6, 6.07) is 8.41. The van der Waals surface area contributed by atoms with Crippen LogP contribution in [0.25, 0.3) is 33.6 Å². The lowest BCUT2D eigenvalue weighted by Gasteiger charge is -2.39. The lowest BCUT2D eigenvalue weighted by Crippen LogP contribution is -2.51. The van der Waals surface area contributed by atoms with E-state index >= 15 is 0 Å². The first kappa shape index (κ1) is 26.9. The molecule has 2 amide bonds. The fourth-order valence-corrected chi connectivity index (χ4v) is 6.04. The van der Waals surface area contributed by atoms with Crippen molar-refractivity contribution in [2.75, 3.05) is 7.05 Å². The molecule has 0 saturated heterocycles. The van der Waals surface area contributed by atoms with Crippen LogP contribution in [0.3, 0.4) is 0 Å². The minimum atomic E-state index is -4.44. The van der Waals surface area contributed by atoms with Crippen LogP contribution in [-0.4, -0.2) is 40.5 Å². The summed E-state index contributed by atoms with van der Waals surface area (Å²) in [4.78, 5) is 34.7. The van der Waals surface area contributed by atoms with Crippen LogP contribution in [0, 0.1) is 11.7 Å². The molecule has 3 aliphatic carbocycles. The maximum absolute atomic E-state index is 13.6. The molecule has 0 spiro atoms. The van der Waals surface area contributed by atoms with Crippen LogP contribution in [0.15, 0.2) is 53.2 Å². The minimum Gasteiger partial charge on any atom is -0.437 e. The number of halogens is 4. The van der Waals surface area contributed by atoms with Gasteiger partial charge in [-0.05, 0) is 74.4 Å². The summed E-state index contributed by atoms with van der Waals surface area (Å²) >= 11 is 0. The molecule has 0 atom stereocenters. The third-order valence-corrected chi connectivity index (χ3v) is 8.05. The lowest BCUT2D eigenvalue weighted by molar-refractivity contribution is -0.134. The Morgan fingerprint density at radius 2 is 1.83 bits per heavy atom. The summed E-state index contributed by atoms with van der Waals surface area (Å²) < 4.78 is 59.3. The van der Waals surface area contributed by atoms with Gasteiger partial charge in [-0.1, -0.05) is 0 Å². The molecule has 3 aliphatic rings. The average Bonchev–Trinajstić information content (AvgIpc) is 3.63. The SMILES string of the molecule is CNC(=O)c1c(-c2ccc(F)cc2)oc2nc(CCC(F)(F)F)c(-c3cncc(C(=O)NC45CCC(C4)C5)c3)cc12. The van der Waals surface area contributed by atoms with Gasteiger partial charge in [-0.25, -0.2) is 9.37 Å². The van der Waals surface area contributed by atoms with Crippen molar-refractivity contribution in [1.82, 2.24) is 20.6 Å². The van der Waals surface area contributed by atoms with E-state index in [2.05, 4.69) is 20.6 Å². The Bertz CT molecular complexity index is 1650. The van der Waals surface area contributed by atoms with Crippen LogP contribution in [0.1, 0.15) is 58.5 Å². The molecule has 2 bridgehead atoms. The van der Waals surface area contributed by atoms with Gasteiger partial charge in [0.1, 0.15) is 11.6 Å². The summed E-state index contributed by atoms with van der Waals surface area (Å²) in [7, 11) is 1.43. The maximum atomic E-state index is 13.6. The van der Waals surface area contributed by atoms with Gasteiger partial charge < -0.3 is 15.1 Å². The number of amides is 2. The topological polar surface area (TPSA) is 97.1 Å². The molecule has 0 radical (unpaired) electrons. The Hall–Kier alpha value is -4.28. The number of fused-ring (bicyclic) bond motifs is 2. The monoisotopic (exact) mass is 566 g/mol. The molecular weight excluding hydrogens is 540 g/mol. The first-order chi connectivity index (χ1) is 19.5. The molecule has 3 saturated carbocycles. The molecule has 0 unspecified atom stereocenters. The minimum absolute atomic E-state index is 0.0365. The molecule has 3 fully saturated rings. The highest BCUT2D eigenvalue weighted by Gasteiger charge is 2.51. The smallest absolute Gasteiger partial charge is 0.389 e. The molecule has 2 N–H and O–H groups in total. The maximum Gasteiger partial charge on any atom is 0.389 e. The molecule has 11 heteroatoms. The molecule has 0 aliphatic heterocycles. The summed E-state index contributed by atoms with van der Waals surface area (Å²) in [5.41, 5.74) is 1.30. The normalized spacial score (nSPS) is 19.7. The van der Waals surface area contributed by atoms with Crippen molar-refractivity contribution >= 4 is 22.9 Å². The van der Waals surface area contributed by atoms with E-state index in [9.17, 15) is 27.2 Å². The summed E-state index contributed by atoms with van der Waals surface area (Å²) in [6.07, 6.45) is 0.752. The molecule has 3 aromatic heterocycles. The van der Waals surface area contributed by atoms with E-state index in [1.165, 1.54) is 43.7 Å². The molecular formula is C30H26F4N4O3. The Morgan fingerprint density at radius 1 is 1.07 bits per heavy atom. The summed E-state index contributed by atoms with van der Waals surface area (Å²) in [5, 5.41) is 5.93. The van der Waals surface area contributed by atoms with Crippen molar-refractivity contribution < 1.29 is 31.6 Å². The second-order valence-corrected chi connectivity index (χ2v) is 10.9. The highest BCUT2D eigenvalue weighted by molar-refractivity contribution is 6.11. The van der Waals surface area contributed by atoms with Gasteiger partial charge in [0.15, 0.2) is 0 Å². The van der Waals surface area contributed by atoms with Crippen LogP contribution in [0.5, 0.6) is 0 Å². The van der Waals surface area contributed by atoms with Crippen LogP contribution in [0.2, 0.25) is 0 Å². The van der Waals surface area contributed by atoms with E-state index in [4.69, 9.17) is 4.42 Å². The number of rotatable bonds is 7. The van der Waals surface area contributed by atoms with E-state index in [0.717, 1.165) is 25.7 Å². The fraction of sp³-hybridized carbons (Fsp3) is 0.333. The largest absolute Gasteiger partial charge is 0.437 e. The van der Waals surface area contributed by atoms with Crippen LogP contribution < -0.4 is 10.6 Å². The van der Waals surface area contributed by atoms with Crippen molar-refractivity contribution in [2.45, 2.75) is 50.2 Å². The van der Waals surface area contributed by atoms with Crippen molar-refractivity contribution in [1.29, 1.82) is 0 Å². The van der Waals surface area contributed by atoms with Crippen molar-refractivity contribution in [3.8, 4) is 22.5 Å². The second kappa shape index (κ2) is 9.97. The number of aromatic nitrogens is 2. The molecule has 41 heavy (non-hydrogen) atoms. The fourth-order valence-electron chi connectivity index (χ4n) is 6.04. The quantitative estimate of drug-likeness (QED) is 0.259. The highest BCUT2D eigenvalue weighted by Crippen LogP contribution is 2.52. The van der Waals surface area contributed by atoms with Gasteiger partial charge in [-0.15, -0.1) is 0 Å². The number of carbonyl (C=O) groups is 2. The third-order valence-electron chi connectivity index (χ3n) is 8.05. The Kier molecular flexibility index (Phi) is 6.55. The molecule has 212 valence electrons. The molecule has 4 aromatic rings. The second-order valence-electron chi connectivity index (χ2n) is 10.9.